The molecule has 1 fully saturated rings. The third-order valence-corrected chi connectivity index (χ3v) is 6.62. The van der Waals surface area contributed by atoms with Gasteiger partial charge in [0.05, 0.1) is 36.9 Å². The molecule has 10 nitrogen and oxygen atoms in total. The number of halogens is 2. The smallest absolute Gasteiger partial charge is 0.246 e. The summed E-state index contributed by atoms with van der Waals surface area (Å²) in [7, 11) is 4.31. The topological polar surface area (TPSA) is 113 Å². The van der Waals surface area contributed by atoms with Gasteiger partial charge in [0.2, 0.25) is 5.91 Å². The first-order chi connectivity index (χ1) is 18.8. The van der Waals surface area contributed by atoms with Gasteiger partial charge in [-0.05, 0) is 24.5 Å². The van der Waals surface area contributed by atoms with E-state index in [1.807, 2.05) is 6.07 Å². The standard InChI is InChI=1S/C27H25F2N7O3/c1-5-22(37)35-11-8-15(14-35)36-26-17(18-9-10-34(2)32-18)13-31-27(30)23(26)19(33-36)7-6-16-24(28)20(38-3)12-21(39-4)25(16)29/h5,9-10,12-13,15H,1,8,11,14H2,2-4H3,(H2,30,31). The van der Waals surface area contributed by atoms with Crippen LogP contribution in [0.1, 0.15) is 23.7 Å². The van der Waals surface area contributed by atoms with E-state index in [-0.39, 0.29) is 35.0 Å². The Morgan fingerprint density at radius 3 is 2.54 bits per heavy atom. The van der Waals surface area contributed by atoms with Gasteiger partial charge in [0.15, 0.2) is 23.1 Å². The van der Waals surface area contributed by atoms with Gasteiger partial charge >= 0.3 is 0 Å². The number of methoxy groups -OCH3 is 2. The number of benzene rings is 1. The van der Waals surface area contributed by atoms with Crippen LogP contribution >= 0.6 is 0 Å². The van der Waals surface area contributed by atoms with Crippen LogP contribution in [0.4, 0.5) is 14.6 Å². The summed E-state index contributed by atoms with van der Waals surface area (Å²) in [5.74, 6) is 2.92. The molecule has 12 heteroatoms. The Kier molecular flexibility index (Phi) is 6.66. The van der Waals surface area contributed by atoms with Crippen LogP contribution in [0.25, 0.3) is 22.2 Å². The molecule has 4 heterocycles. The average Bonchev–Trinajstić information content (AvgIpc) is 3.68. The molecule has 1 aromatic carbocycles. The minimum atomic E-state index is -0.971. The van der Waals surface area contributed by atoms with Crippen molar-refractivity contribution in [3.63, 3.8) is 0 Å². The number of pyridine rings is 1. The van der Waals surface area contributed by atoms with Gasteiger partial charge in [-0.3, -0.25) is 14.2 Å². The lowest BCUT2D eigenvalue weighted by Crippen LogP contribution is -2.27. The van der Waals surface area contributed by atoms with Gasteiger partial charge in [-0.25, -0.2) is 13.8 Å². The molecule has 200 valence electrons. The van der Waals surface area contributed by atoms with Gasteiger partial charge in [-0.15, -0.1) is 0 Å². The van der Waals surface area contributed by atoms with Gasteiger partial charge < -0.3 is 20.1 Å². The number of carbonyl (C=O) groups is 1. The fraction of sp³-hybridized carbons (Fsp3) is 0.259. The number of hydrogen-bond donors (Lipinski definition) is 1. The molecule has 1 aliphatic heterocycles. The third-order valence-electron chi connectivity index (χ3n) is 6.62. The van der Waals surface area contributed by atoms with Crippen molar-refractivity contribution in [1.29, 1.82) is 0 Å². The molecule has 0 saturated carbocycles. The van der Waals surface area contributed by atoms with Crippen LogP contribution in [-0.2, 0) is 11.8 Å². The summed E-state index contributed by atoms with van der Waals surface area (Å²) in [6.07, 6.45) is 5.28. The predicted molar refractivity (Wildman–Crippen MR) is 140 cm³/mol. The highest BCUT2D eigenvalue weighted by molar-refractivity contribution is 6.01. The summed E-state index contributed by atoms with van der Waals surface area (Å²) >= 11 is 0. The fourth-order valence-corrected chi connectivity index (χ4v) is 4.68. The van der Waals surface area contributed by atoms with Crippen LogP contribution in [0.3, 0.4) is 0 Å². The van der Waals surface area contributed by atoms with Crippen molar-refractivity contribution in [2.45, 2.75) is 12.5 Å². The van der Waals surface area contributed by atoms with Crippen LogP contribution < -0.4 is 15.2 Å². The maximum Gasteiger partial charge on any atom is 0.246 e. The maximum absolute atomic E-state index is 15.0. The van der Waals surface area contributed by atoms with Crippen molar-refractivity contribution in [2.75, 3.05) is 33.0 Å². The second kappa shape index (κ2) is 10.1. The number of aryl methyl sites for hydroxylation is 1. The number of aromatic nitrogens is 5. The summed E-state index contributed by atoms with van der Waals surface area (Å²) in [4.78, 5) is 18.3. The number of hydrogen-bond acceptors (Lipinski definition) is 7. The quantitative estimate of drug-likeness (QED) is 0.310. The molecule has 0 spiro atoms. The number of nitrogen functional groups attached to an aromatic ring is 1. The molecule has 0 radical (unpaired) electrons. The van der Waals surface area contributed by atoms with E-state index < -0.39 is 17.2 Å². The summed E-state index contributed by atoms with van der Waals surface area (Å²) in [5.41, 5.74) is 7.82. The van der Waals surface area contributed by atoms with E-state index in [1.54, 1.807) is 33.7 Å². The molecule has 1 atom stereocenters. The van der Waals surface area contributed by atoms with Gasteiger partial charge in [-0.1, -0.05) is 12.5 Å². The Bertz CT molecular complexity index is 1650. The number of carbonyl (C=O) groups excluding carboxylic acids is 1. The number of ether oxygens (including phenoxy) is 2. The molecule has 0 aliphatic carbocycles. The highest BCUT2D eigenvalue weighted by Gasteiger charge is 2.30. The third kappa shape index (κ3) is 4.41. The lowest BCUT2D eigenvalue weighted by atomic mass is 10.1. The van der Waals surface area contributed by atoms with Crippen molar-refractivity contribution in [2.24, 2.45) is 7.05 Å². The van der Waals surface area contributed by atoms with Crippen molar-refractivity contribution >= 4 is 22.6 Å². The molecule has 5 rings (SSSR count). The Labute approximate surface area is 222 Å². The first-order valence-corrected chi connectivity index (χ1v) is 12.0. The molecule has 4 aromatic rings. The minimum absolute atomic E-state index is 0.140. The van der Waals surface area contributed by atoms with E-state index in [2.05, 4.69) is 28.5 Å². The second-order valence-corrected chi connectivity index (χ2v) is 8.91. The predicted octanol–water partition coefficient (Wildman–Crippen LogP) is 3.07. The Hall–Kier alpha value is -4.92. The van der Waals surface area contributed by atoms with E-state index in [1.165, 1.54) is 20.3 Å². The Morgan fingerprint density at radius 2 is 1.92 bits per heavy atom. The zero-order chi connectivity index (χ0) is 27.8. The molecule has 0 bridgehead atoms. The normalized spacial score (nSPS) is 14.8. The number of likely N-dealkylation sites (tertiary alicyclic amines) is 1. The zero-order valence-corrected chi connectivity index (χ0v) is 21.5. The number of fused-ring (bicyclic) bond motifs is 1. The van der Waals surface area contributed by atoms with Crippen LogP contribution in [0.15, 0.2) is 37.2 Å². The highest BCUT2D eigenvalue weighted by atomic mass is 19.1. The van der Waals surface area contributed by atoms with Crippen LogP contribution in [0, 0.1) is 23.5 Å². The summed E-state index contributed by atoms with van der Waals surface area (Å²) in [6.45, 7) is 4.47. The van der Waals surface area contributed by atoms with Crippen LogP contribution in [0.5, 0.6) is 11.5 Å². The number of anilines is 1. The largest absolute Gasteiger partial charge is 0.493 e. The lowest BCUT2D eigenvalue weighted by molar-refractivity contribution is -0.125. The van der Waals surface area contributed by atoms with Crippen molar-refractivity contribution in [3.8, 4) is 34.6 Å². The summed E-state index contributed by atoms with van der Waals surface area (Å²) in [5, 5.41) is 9.64. The van der Waals surface area contributed by atoms with Crippen LogP contribution in [-0.4, -0.2) is 62.7 Å². The molecule has 1 amide bonds. The highest BCUT2D eigenvalue weighted by Crippen LogP contribution is 2.36. The SMILES string of the molecule is C=CC(=O)N1CCC(n2nc(C#Cc3c(F)c(OC)cc(OC)c3F)c3c(N)ncc(-c4ccn(C)n4)c32)C1. The maximum atomic E-state index is 15.0. The van der Waals surface area contributed by atoms with Gasteiger partial charge in [0.1, 0.15) is 17.1 Å². The number of nitrogens with zero attached hydrogens (tertiary/aromatic N) is 6. The molecule has 1 unspecified atom stereocenters. The van der Waals surface area contributed by atoms with E-state index >= 15 is 0 Å². The number of rotatable bonds is 5. The van der Waals surface area contributed by atoms with Crippen molar-refractivity contribution in [3.05, 3.63) is 60.1 Å². The first kappa shape index (κ1) is 25.7. The molecule has 1 saturated heterocycles. The van der Waals surface area contributed by atoms with Crippen molar-refractivity contribution in [1.82, 2.24) is 29.4 Å². The zero-order valence-electron chi connectivity index (χ0n) is 21.5. The lowest BCUT2D eigenvalue weighted by Gasteiger charge is -2.16. The molecule has 2 N–H and O–H groups in total. The molecule has 3 aromatic heterocycles. The average molecular weight is 534 g/mol. The monoisotopic (exact) mass is 533 g/mol. The first-order valence-electron chi connectivity index (χ1n) is 12.0. The molecular weight excluding hydrogens is 508 g/mol. The van der Waals surface area contributed by atoms with Crippen molar-refractivity contribution < 1.29 is 23.0 Å². The second-order valence-electron chi connectivity index (χ2n) is 8.91. The van der Waals surface area contributed by atoms with E-state index in [0.29, 0.717) is 41.7 Å². The Morgan fingerprint density at radius 1 is 1.21 bits per heavy atom. The summed E-state index contributed by atoms with van der Waals surface area (Å²) in [6, 6.07) is 2.71. The van der Waals surface area contributed by atoms with E-state index in [4.69, 9.17) is 20.3 Å². The fourth-order valence-electron chi connectivity index (χ4n) is 4.68. The van der Waals surface area contributed by atoms with E-state index in [0.717, 1.165) is 6.07 Å². The minimum Gasteiger partial charge on any atom is -0.493 e. The van der Waals surface area contributed by atoms with Gasteiger partial charge in [0, 0.05) is 44.2 Å². The van der Waals surface area contributed by atoms with Crippen LogP contribution in [0.2, 0.25) is 0 Å². The number of amides is 1. The van der Waals surface area contributed by atoms with E-state index in [9.17, 15) is 13.6 Å². The summed E-state index contributed by atoms with van der Waals surface area (Å²) < 4.78 is 43.4. The Balaban J connectivity index is 1.73. The number of nitrogens with two attached hydrogens (primary N) is 1. The van der Waals surface area contributed by atoms with Gasteiger partial charge in [-0.2, -0.15) is 10.2 Å². The van der Waals surface area contributed by atoms with Gasteiger partial charge in [0.25, 0.3) is 0 Å². The molecule has 1 aliphatic rings. The molecule has 39 heavy (non-hydrogen) atoms. The molecular formula is C27H25F2N7O3.